The largest absolute Gasteiger partial charge is 0.460 e. The summed E-state index contributed by atoms with van der Waals surface area (Å²) in [7, 11) is 0. The van der Waals surface area contributed by atoms with Crippen molar-refractivity contribution in [3.8, 4) is 0 Å². The lowest BCUT2D eigenvalue weighted by atomic mass is 10.4. The Kier molecular flexibility index (Phi) is 5.44. The summed E-state index contributed by atoms with van der Waals surface area (Å²) >= 11 is 8.70. The molecule has 0 aliphatic heterocycles. The molecule has 0 N–H and O–H groups in total. The van der Waals surface area contributed by atoms with Crippen molar-refractivity contribution in [3.63, 3.8) is 0 Å². The van der Waals surface area contributed by atoms with Gasteiger partial charge in [0.25, 0.3) is 5.56 Å². The molecule has 4 nitrogen and oxygen atoms in total. The number of carbonyl (C=O) groups is 1. The van der Waals surface area contributed by atoms with E-state index in [9.17, 15) is 9.59 Å². The van der Waals surface area contributed by atoms with E-state index in [2.05, 4.69) is 22.5 Å². The van der Waals surface area contributed by atoms with Gasteiger partial charge in [-0.1, -0.05) is 18.2 Å². The fraction of sp³-hybridized carbons (Fsp3) is 0.273. The second kappa shape index (κ2) is 6.61. The Bertz CT molecular complexity index is 484. The topological polar surface area (TPSA) is 48.3 Å². The Balaban J connectivity index is 2.50. The SMILES string of the molecule is C=C(Cl)COC(=O)CCn1cc(Br)ccc1=O. The lowest BCUT2D eigenvalue weighted by Crippen LogP contribution is -2.20. The molecule has 1 heterocycles. The van der Waals surface area contributed by atoms with Crippen LogP contribution in [0.3, 0.4) is 0 Å². The van der Waals surface area contributed by atoms with Crippen molar-refractivity contribution < 1.29 is 9.53 Å². The minimum Gasteiger partial charge on any atom is -0.460 e. The van der Waals surface area contributed by atoms with Crippen molar-refractivity contribution in [3.05, 3.63) is 44.8 Å². The molecule has 0 unspecified atom stereocenters. The van der Waals surface area contributed by atoms with Gasteiger partial charge in [-0.3, -0.25) is 9.59 Å². The molecule has 0 saturated carbocycles. The summed E-state index contributed by atoms with van der Waals surface area (Å²) in [6.07, 6.45) is 1.73. The molecule has 0 aliphatic carbocycles. The van der Waals surface area contributed by atoms with Gasteiger partial charge in [0.15, 0.2) is 0 Å². The fourth-order valence-corrected chi connectivity index (χ4v) is 1.55. The van der Waals surface area contributed by atoms with Gasteiger partial charge in [-0.25, -0.2) is 0 Å². The van der Waals surface area contributed by atoms with Crippen molar-refractivity contribution >= 4 is 33.5 Å². The van der Waals surface area contributed by atoms with Crippen molar-refractivity contribution in [1.29, 1.82) is 0 Å². The Labute approximate surface area is 112 Å². The maximum absolute atomic E-state index is 11.4. The molecule has 92 valence electrons. The molecule has 1 aromatic heterocycles. The highest BCUT2D eigenvalue weighted by atomic mass is 79.9. The summed E-state index contributed by atoms with van der Waals surface area (Å²) in [5, 5.41) is 0.262. The van der Waals surface area contributed by atoms with Gasteiger partial charge in [-0.05, 0) is 22.0 Å². The second-order valence-electron chi connectivity index (χ2n) is 3.31. The number of carbonyl (C=O) groups excluding carboxylic acids is 1. The number of ether oxygens (including phenoxy) is 1. The molecular weight excluding hydrogens is 309 g/mol. The highest BCUT2D eigenvalue weighted by Gasteiger charge is 2.05. The highest BCUT2D eigenvalue weighted by molar-refractivity contribution is 9.10. The van der Waals surface area contributed by atoms with Crippen LogP contribution in [0, 0.1) is 0 Å². The predicted octanol–water partition coefficient (Wildman–Crippen LogP) is 2.30. The number of esters is 1. The van der Waals surface area contributed by atoms with E-state index in [4.69, 9.17) is 16.3 Å². The second-order valence-corrected chi connectivity index (χ2v) is 4.76. The van der Waals surface area contributed by atoms with E-state index < -0.39 is 5.97 Å². The molecular formula is C11H11BrClNO3. The third-order valence-electron chi connectivity index (χ3n) is 1.89. The average molecular weight is 321 g/mol. The number of aryl methyl sites for hydroxylation is 1. The van der Waals surface area contributed by atoms with Gasteiger partial charge in [0.05, 0.1) is 6.42 Å². The predicted molar refractivity (Wildman–Crippen MR) is 69.0 cm³/mol. The Morgan fingerprint density at radius 1 is 1.53 bits per heavy atom. The summed E-state index contributed by atoms with van der Waals surface area (Å²) in [4.78, 5) is 22.7. The maximum Gasteiger partial charge on any atom is 0.307 e. The lowest BCUT2D eigenvalue weighted by Gasteiger charge is -2.06. The van der Waals surface area contributed by atoms with Crippen LogP contribution in [0.2, 0.25) is 0 Å². The molecule has 0 bridgehead atoms. The number of nitrogens with zero attached hydrogens (tertiary/aromatic N) is 1. The highest BCUT2D eigenvalue weighted by Crippen LogP contribution is 2.05. The normalized spacial score (nSPS) is 10.0. The molecule has 1 aromatic rings. The van der Waals surface area contributed by atoms with Crippen LogP contribution >= 0.6 is 27.5 Å². The van der Waals surface area contributed by atoms with Crippen LogP contribution in [-0.4, -0.2) is 17.1 Å². The van der Waals surface area contributed by atoms with Gasteiger partial charge in [0.2, 0.25) is 0 Å². The van der Waals surface area contributed by atoms with E-state index in [0.717, 1.165) is 4.47 Å². The van der Waals surface area contributed by atoms with E-state index in [1.807, 2.05) is 0 Å². The van der Waals surface area contributed by atoms with E-state index in [1.54, 1.807) is 12.3 Å². The van der Waals surface area contributed by atoms with Crippen LogP contribution in [0.5, 0.6) is 0 Å². The summed E-state index contributed by atoms with van der Waals surface area (Å²) in [5.74, 6) is -0.418. The maximum atomic E-state index is 11.4. The van der Waals surface area contributed by atoms with Crippen LogP contribution in [0.4, 0.5) is 0 Å². The smallest absolute Gasteiger partial charge is 0.307 e. The third kappa shape index (κ3) is 5.19. The minimum atomic E-state index is -0.418. The fourth-order valence-electron chi connectivity index (χ4n) is 1.12. The number of hydrogen-bond acceptors (Lipinski definition) is 3. The molecule has 0 spiro atoms. The summed E-state index contributed by atoms with van der Waals surface area (Å²) < 4.78 is 7.01. The molecule has 1 rings (SSSR count). The number of rotatable bonds is 5. The van der Waals surface area contributed by atoms with Gasteiger partial charge in [0, 0.05) is 28.3 Å². The number of halogens is 2. The molecule has 0 saturated heterocycles. The van der Waals surface area contributed by atoms with Gasteiger partial charge >= 0.3 is 5.97 Å². The van der Waals surface area contributed by atoms with Gasteiger partial charge in [-0.2, -0.15) is 0 Å². The zero-order chi connectivity index (χ0) is 12.8. The summed E-state index contributed by atoms with van der Waals surface area (Å²) in [6.45, 7) is 3.66. The third-order valence-corrected chi connectivity index (χ3v) is 2.47. The van der Waals surface area contributed by atoms with Gasteiger partial charge < -0.3 is 9.30 Å². The quantitative estimate of drug-likeness (QED) is 0.782. The van der Waals surface area contributed by atoms with Gasteiger partial charge in [0.1, 0.15) is 6.61 Å². The Morgan fingerprint density at radius 2 is 2.24 bits per heavy atom. The molecule has 17 heavy (non-hydrogen) atoms. The first-order valence-electron chi connectivity index (χ1n) is 4.84. The Hall–Kier alpha value is -1.07. The zero-order valence-electron chi connectivity index (χ0n) is 8.99. The van der Waals surface area contributed by atoms with Crippen LogP contribution in [0.1, 0.15) is 6.42 Å². The van der Waals surface area contributed by atoms with Crippen molar-refractivity contribution in [2.45, 2.75) is 13.0 Å². The molecule has 0 amide bonds. The molecule has 0 atom stereocenters. The van der Waals surface area contributed by atoms with E-state index in [1.165, 1.54) is 10.6 Å². The summed E-state index contributed by atoms with van der Waals surface area (Å²) in [5.41, 5.74) is -0.164. The first-order valence-corrected chi connectivity index (χ1v) is 6.01. The number of aromatic nitrogens is 1. The average Bonchev–Trinajstić information content (AvgIpc) is 2.27. The molecule has 0 fully saturated rings. The first kappa shape index (κ1) is 14.0. The summed E-state index contributed by atoms with van der Waals surface area (Å²) in [6, 6.07) is 3.07. The van der Waals surface area contributed by atoms with E-state index in [0.29, 0.717) is 0 Å². The van der Waals surface area contributed by atoms with Crippen molar-refractivity contribution in [2.75, 3.05) is 6.61 Å². The van der Waals surface area contributed by atoms with E-state index in [-0.39, 0.29) is 30.2 Å². The molecule has 6 heteroatoms. The number of pyridine rings is 1. The van der Waals surface area contributed by atoms with E-state index >= 15 is 0 Å². The number of hydrogen-bond donors (Lipinski definition) is 0. The van der Waals surface area contributed by atoms with Gasteiger partial charge in [-0.15, -0.1) is 0 Å². The Morgan fingerprint density at radius 3 is 2.88 bits per heavy atom. The van der Waals surface area contributed by atoms with Crippen LogP contribution in [0.25, 0.3) is 0 Å². The lowest BCUT2D eigenvalue weighted by molar-refractivity contribution is -0.142. The van der Waals surface area contributed by atoms with Crippen LogP contribution in [0.15, 0.2) is 39.2 Å². The standard InChI is InChI=1S/C11H11BrClNO3/c1-8(13)7-17-11(16)4-5-14-6-9(12)2-3-10(14)15/h2-3,6H,1,4-5,7H2. The minimum absolute atomic E-state index is 0.00618. The van der Waals surface area contributed by atoms with Crippen molar-refractivity contribution in [2.24, 2.45) is 0 Å². The van der Waals surface area contributed by atoms with Crippen LogP contribution < -0.4 is 5.56 Å². The molecule has 0 aliphatic rings. The molecule has 0 aromatic carbocycles. The van der Waals surface area contributed by atoms with Crippen molar-refractivity contribution in [1.82, 2.24) is 4.57 Å². The zero-order valence-corrected chi connectivity index (χ0v) is 11.3. The van der Waals surface area contributed by atoms with Crippen LogP contribution in [-0.2, 0) is 16.1 Å². The first-order chi connectivity index (χ1) is 7.99. The monoisotopic (exact) mass is 319 g/mol. The molecule has 0 radical (unpaired) electrons.